The molecule has 3 rings (SSSR count). The maximum absolute atomic E-state index is 13.4. The molecule has 2 aliphatic rings. The molecule has 0 bridgehead atoms. The van der Waals surface area contributed by atoms with E-state index in [1.807, 2.05) is 6.07 Å². The molecule has 1 aromatic rings. The molecule has 0 aromatic heterocycles. The predicted molar refractivity (Wildman–Crippen MR) is 132 cm³/mol. The summed E-state index contributed by atoms with van der Waals surface area (Å²) in [5, 5.41) is 22.7. The number of hydrogen-bond acceptors (Lipinski definition) is 6. The number of nitrogens with zero attached hydrogens (tertiary/aromatic N) is 1. The number of likely N-dealkylation sites (tertiary alicyclic amines) is 1. The number of carboxylic acids is 1. The summed E-state index contributed by atoms with van der Waals surface area (Å²) >= 11 is 0. The standard InChI is InChI=1S/C22H34N6O5S.H2O/c1-14-12-15-6-4-9-18(19(15)26-13-14)34(32,33)27-16(7-5-10-25-22(23)24)20(29)28-11-3-2-8-17(28)21(30)31;/h4,6,9,14,16-17,26-27H,2-3,5,7-8,10-13H2,1H3,(H,30,31)(H4,23,24,25);1H2/t14?,16-,17?;/m0./s1. The average molecular weight is 513 g/mol. The van der Waals surface area contributed by atoms with Gasteiger partial charge in [0.1, 0.15) is 17.0 Å². The first-order valence-corrected chi connectivity index (χ1v) is 13.1. The van der Waals surface area contributed by atoms with E-state index in [-0.39, 0.29) is 35.8 Å². The second-order valence-corrected chi connectivity index (χ2v) is 10.7. The molecule has 1 fully saturated rings. The van der Waals surface area contributed by atoms with Crippen LogP contribution in [0, 0.1) is 11.3 Å². The summed E-state index contributed by atoms with van der Waals surface area (Å²) in [4.78, 5) is 26.5. The number of para-hydroxylation sites is 1. The Morgan fingerprint density at radius 1 is 1.34 bits per heavy atom. The van der Waals surface area contributed by atoms with Gasteiger partial charge in [-0.25, -0.2) is 13.2 Å². The lowest BCUT2D eigenvalue weighted by Gasteiger charge is -2.35. The molecule has 0 spiro atoms. The first kappa shape index (κ1) is 28.3. The summed E-state index contributed by atoms with van der Waals surface area (Å²) in [6.07, 6.45) is 2.92. The molecule has 0 aliphatic carbocycles. The Labute approximate surface area is 205 Å². The van der Waals surface area contributed by atoms with Gasteiger partial charge in [-0.1, -0.05) is 19.1 Å². The monoisotopic (exact) mass is 512 g/mol. The zero-order valence-electron chi connectivity index (χ0n) is 19.8. The number of anilines is 1. The van der Waals surface area contributed by atoms with E-state index in [1.54, 1.807) is 6.07 Å². The fourth-order valence-corrected chi connectivity index (χ4v) is 6.01. The van der Waals surface area contributed by atoms with Crippen LogP contribution in [0.25, 0.3) is 0 Å². The van der Waals surface area contributed by atoms with E-state index in [0.717, 1.165) is 12.0 Å². The first-order valence-electron chi connectivity index (χ1n) is 11.6. The minimum absolute atomic E-state index is 0. The maximum atomic E-state index is 13.4. The lowest BCUT2D eigenvalue weighted by Crippen LogP contribution is -2.55. The summed E-state index contributed by atoms with van der Waals surface area (Å²) in [5.41, 5.74) is 6.74. The lowest BCUT2D eigenvalue weighted by atomic mass is 9.96. The highest BCUT2D eigenvalue weighted by molar-refractivity contribution is 7.89. The Hall–Kier alpha value is -2.90. The lowest BCUT2D eigenvalue weighted by molar-refractivity contribution is -0.152. The van der Waals surface area contributed by atoms with Gasteiger partial charge in [0.15, 0.2) is 5.96 Å². The van der Waals surface area contributed by atoms with Crippen LogP contribution in [0.5, 0.6) is 0 Å². The van der Waals surface area contributed by atoms with Gasteiger partial charge in [-0.3, -0.25) is 10.2 Å². The molecule has 0 radical (unpaired) electrons. The quantitative estimate of drug-likeness (QED) is 0.148. The molecule has 2 unspecified atom stereocenters. The van der Waals surface area contributed by atoms with Crippen LogP contribution in [-0.2, 0) is 26.0 Å². The van der Waals surface area contributed by atoms with Crippen molar-refractivity contribution in [1.82, 2.24) is 14.9 Å². The van der Waals surface area contributed by atoms with Crippen LogP contribution in [0.1, 0.15) is 44.6 Å². The molecule has 1 aromatic carbocycles. The van der Waals surface area contributed by atoms with E-state index in [9.17, 15) is 23.1 Å². The van der Waals surface area contributed by atoms with Gasteiger partial charge >= 0.3 is 5.97 Å². The molecule has 1 saturated heterocycles. The number of rotatable bonds is 9. The van der Waals surface area contributed by atoms with Gasteiger partial charge in [-0.2, -0.15) is 4.72 Å². The smallest absolute Gasteiger partial charge is 0.326 e. The van der Waals surface area contributed by atoms with E-state index < -0.39 is 34.0 Å². The van der Waals surface area contributed by atoms with Crippen molar-refractivity contribution in [3.63, 3.8) is 0 Å². The maximum Gasteiger partial charge on any atom is 0.326 e. The van der Waals surface area contributed by atoms with E-state index in [2.05, 4.69) is 22.3 Å². The zero-order chi connectivity index (χ0) is 24.9. The van der Waals surface area contributed by atoms with Crippen LogP contribution in [0.3, 0.4) is 0 Å². The number of carbonyl (C=O) groups is 2. The van der Waals surface area contributed by atoms with Crippen molar-refractivity contribution in [3.05, 3.63) is 23.8 Å². The van der Waals surface area contributed by atoms with Gasteiger partial charge in [0, 0.05) is 19.6 Å². The van der Waals surface area contributed by atoms with Gasteiger partial charge in [-0.15, -0.1) is 0 Å². The molecule has 3 atom stereocenters. The Morgan fingerprint density at radius 2 is 2.09 bits per heavy atom. The topological polar surface area (TPSA) is 209 Å². The van der Waals surface area contributed by atoms with Crippen LogP contribution in [-0.4, -0.2) is 73.5 Å². The molecular weight excluding hydrogens is 476 g/mol. The van der Waals surface area contributed by atoms with Crippen LogP contribution < -0.4 is 21.1 Å². The second kappa shape index (κ2) is 12.2. The third kappa shape index (κ3) is 7.05. The number of fused-ring (bicyclic) bond motifs is 1. The van der Waals surface area contributed by atoms with E-state index >= 15 is 0 Å². The number of carboxylic acid groups (broad SMARTS) is 1. The van der Waals surface area contributed by atoms with Crippen LogP contribution in [0.15, 0.2) is 23.1 Å². The first-order chi connectivity index (χ1) is 16.1. The highest BCUT2D eigenvalue weighted by Gasteiger charge is 2.37. The van der Waals surface area contributed by atoms with Crippen LogP contribution in [0.2, 0.25) is 0 Å². The molecule has 0 saturated carbocycles. The number of nitrogens with two attached hydrogens (primary N) is 1. The Balaban J connectivity index is 0.00000432. The molecule has 2 aliphatic heterocycles. The van der Waals surface area contributed by atoms with E-state index in [4.69, 9.17) is 11.1 Å². The number of guanidine groups is 1. The molecule has 196 valence electrons. The summed E-state index contributed by atoms with van der Waals surface area (Å²) < 4.78 is 29.4. The number of amides is 1. The molecule has 13 heteroatoms. The van der Waals surface area contributed by atoms with Crippen LogP contribution in [0.4, 0.5) is 5.69 Å². The predicted octanol–water partition coefficient (Wildman–Crippen LogP) is -0.158. The van der Waals surface area contributed by atoms with Crippen LogP contribution >= 0.6 is 0 Å². The van der Waals surface area contributed by atoms with Crippen molar-refractivity contribution < 1.29 is 28.6 Å². The largest absolute Gasteiger partial charge is 0.480 e. The SMILES string of the molecule is CC1CNc2c(cccc2S(=O)(=O)N[C@@H](CCCNC(=N)N)C(=O)N2CCCCC2C(=O)O)C1.O. The number of aliphatic carboxylic acids is 1. The summed E-state index contributed by atoms with van der Waals surface area (Å²) in [7, 11) is -4.09. The molecule has 2 heterocycles. The van der Waals surface area contributed by atoms with Crippen molar-refractivity contribution in [2.75, 3.05) is 25.0 Å². The fourth-order valence-electron chi connectivity index (χ4n) is 4.56. The van der Waals surface area contributed by atoms with Crippen molar-refractivity contribution in [1.29, 1.82) is 5.41 Å². The van der Waals surface area contributed by atoms with Gasteiger partial charge in [0.05, 0.1) is 5.69 Å². The number of piperidine rings is 1. The molecule has 35 heavy (non-hydrogen) atoms. The normalized spacial score (nSPS) is 20.5. The van der Waals surface area contributed by atoms with E-state index in [0.29, 0.717) is 43.8 Å². The summed E-state index contributed by atoms with van der Waals surface area (Å²) in [5.74, 6) is -1.50. The minimum atomic E-state index is -4.09. The van der Waals surface area contributed by atoms with E-state index in [1.165, 1.54) is 11.0 Å². The molecule has 1 amide bonds. The van der Waals surface area contributed by atoms with Gasteiger partial charge in [-0.05, 0) is 56.1 Å². The van der Waals surface area contributed by atoms with Crippen molar-refractivity contribution in [2.45, 2.75) is 62.4 Å². The third-order valence-electron chi connectivity index (χ3n) is 6.25. The minimum Gasteiger partial charge on any atom is -0.480 e. The van der Waals surface area contributed by atoms with Crippen molar-refractivity contribution in [3.8, 4) is 0 Å². The second-order valence-electron chi connectivity index (χ2n) is 9.02. The van der Waals surface area contributed by atoms with Gasteiger partial charge in [0.2, 0.25) is 15.9 Å². The van der Waals surface area contributed by atoms with Gasteiger partial charge < -0.3 is 31.8 Å². The summed E-state index contributed by atoms with van der Waals surface area (Å²) in [6, 6.07) is 2.96. The highest BCUT2D eigenvalue weighted by atomic mass is 32.2. The number of benzene rings is 1. The molecule has 12 nitrogen and oxygen atoms in total. The number of carbonyl (C=O) groups excluding carboxylic acids is 1. The third-order valence-corrected chi connectivity index (χ3v) is 7.76. The number of hydrogen-bond donors (Lipinski definition) is 6. The average Bonchev–Trinajstić information content (AvgIpc) is 2.79. The zero-order valence-corrected chi connectivity index (χ0v) is 20.7. The number of nitrogens with one attached hydrogen (secondary N) is 4. The number of sulfonamides is 1. The molecule has 9 N–H and O–H groups in total. The van der Waals surface area contributed by atoms with Crippen molar-refractivity contribution >= 4 is 33.5 Å². The Kier molecular flexibility index (Phi) is 9.86. The Morgan fingerprint density at radius 3 is 2.77 bits per heavy atom. The van der Waals surface area contributed by atoms with Crippen molar-refractivity contribution in [2.24, 2.45) is 11.7 Å². The Bertz CT molecular complexity index is 1030. The summed E-state index contributed by atoms with van der Waals surface area (Å²) in [6.45, 7) is 3.27. The fraction of sp³-hybridized carbons (Fsp3) is 0.591. The molecular formula is C22H36N6O6S. The van der Waals surface area contributed by atoms with Gasteiger partial charge in [0.25, 0.3) is 0 Å². The highest BCUT2D eigenvalue weighted by Crippen LogP contribution is 2.31.